The van der Waals surface area contributed by atoms with E-state index in [1.54, 1.807) is 23.8 Å². The minimum Gasteiger partial charge on any atom is -0.381 e. The van der Waals surface area contributed by atoms with Gasteiger partial charge in [0, 0.05) is 42.2 Å². The number of benzene rings is 1. The average molecular weight is 345 g/mol. The number of rotatable bonds is 4. The van der Waals surface area contributed by atoms with Crippen LogP contribution in [-0.2, 0) is 11.3 Å². The molecule has 1 fully saturated rings. The van der Waals surface area contributed by atoms with Crippen molar-refractivity contribution in [3.63, 3.8) is 0 Å². The Morgan fingerprint density at radius 3 is 3.17 bits per heavy atom. The zero-order valence-corrected chi connectivity index (χ0v) is 13.7. The minimum absolute atomic E-state index is 0.233. The van der Waals surface area contributed by atoms with Gasteiger partial charge in [-0.1, -0.05) is 0 Å². The summed E-state index contributed by atoms with van der Waals surface area (Å²) < 4.78 is 21.1. The van der Waals surface area contributed by atoms with Crippen molar-refractivity contribution in [3.05, 3.63) is 47.4 Å². The summed E-state index contributed by atoms with van der Waals surface area (Å²) in [7, 11) is 0. The van der Waals surface area contributed by atoms with Crippen LogP contribution in [0.3, 0.4) is 0 Å². The lowest BCUT2D eigenvalue weighted by molar-refractivity contribution is 0.102. The van der Waals surface area contributed by atoms with Gasteiger partial charge in [-0.25, -0.2) is 9.37 Å². The summed E-state index contributed by atoms with van der Waals surface area (Å²) in [4.78, 5) is 16.7. The first-order valence-corrected chi connectivity index (χ1v) is 8.65. The molecule has 1 saturated heterocycles. The molecule has 3 aromatic rings. The molecule has 4 rings (SSSR count). The maximum atomic E-state index is 13.7. The van der Waals surface area contributed by atoms with Crippen molar-refractivity contribution < 1.29 is 13.9 Å². The lowest BCUT2D eigenvalue weighted by Gasteiger charge is -2.10. The summed E-state index contributed by atoms with van der Waals surface area (Å²) >= 11 is 1.36. The van der Waals surface area contributed by atoms with Crippen molar-refractivity contribution in [2.45, 2.75) is 13.0 Å². The second-order valence-corrected chi connectivity index (χ2v) is 6.77. The van der Waals surface area contributed by atoms with Crippen LogP contribution in [0.5, 0.6) is 0 Å². The molecule has 5 nitrogen and oxygen atoms in total. The lowest BCUT2D eigenvalue weighted by Crippen LogP contribution is -2.12. The molecule has 0 aliphatic carbocycles. The Hall–Kier alpha value is -2.25. The van der Waals surface area contributed by atoms with Crippen LogP contribution < -0.4 is 5.32 Å². The third-order valence-electron chi connectivity index (χ3n) is 4.22. The predicted octanol–water partition coefficient (Wildman–Crippen LogP) is 3.53. The van der Waals surface area contributed by atoms with Gasteiger partial charge in [-0.3, -0.25) is 10.1 Å². The molecule has 1 aromatic carbocycles. The first-order chi connectivity index (χ1) is 11.7. The quantitative estimate of drug-likeness (QED) is 0.787. The van der Waals surface area contributed by atoms with Gasteiger partial charge in [0.25, 0.3) is 5.91 Å². The fraction of sp³-hybridized carbons (Fsp3) is 0.294. The Morgan fingerprint density at radius 2 is 2.42 bits per heavy atom. The molecule has 1 aliphatic heterocycles. The highest BCUT2D eigenvalue weighted by Crippen LogP contribution is 2.26. The molecule has 2 aromatic heterocycles. The number of nitrogens with one attached hydrogen (secondary N) is 1. The number of anilines is 1. The van der Waals surface area contributed by atoms with E-state index in [-0.39, 0.29) is 11.7 Å². The van der Waals surface area contributed by atoms with Crippen molar-refractivity contribution in [1.82, 2.24) is 9.55 Å². The van der Waals surface area contributed by atoms with Gasteiger partial charge in [-0.05, 0) is 24.6 Å². The summed E-state index contributed by atoms with van der Waals surface area (Å²) in [5.41, 5.74) is 1.25. The van der Waals surface area contributed by atoms with Gasteiger partial charge in [0.15, 0.2) is 5.13 Å². The molecular formula is C17H16FN3O2S. The maximum absolute atomic E-state index is 13.7. The van der Waals surface area contributed by atoms with Crippen molar-refractivity contribution in [2.24, 2.45) is 5.92 Å². The van der Waals surface area contributed by atoms with E-state index in [4.69, 9.17) is 4.74 Å². The zero-order valence-electron chi connectivity index (χ0n) is 12.9. The summed E-state index contributed by atoms with van der Waals surface area (Å²) in [5.74, 6) is -0.155. The van der Waals surface area contributed by atoms with Crippen LogP contribution in [0.25, 0.3) is 10.9 Å². The summed E-state index contributed by atoms with van der Waals surface area (Å²) in [6.45, 7) is 2.18. The highest BCUT2D eigenvalue weighted by Gasteiger charge is 2.21. The van der Waals surface area contributed by atoms with Crippen molar-refractivity contribution in [1.29, 1.82) is 0 Å². The number of hydrogen-bond acceptors (Lipinski definition) is 4. The molecule has 1 unspecified atom stereocenters. The third-order valence-corrected chi connectivity index (χ3v) is 4.91. The Morgan fingerprint density at radius 1 is 1.50 bits per heavy atom. The minimum atomic E-state index is -0.309. The standard InChI is InChI=1S/C17H16FN3O2S/c18-12-1-2-13-14(16(22)20-17-19-4-6-24-17)9-21(15(13)7-12)8-11-3-5-23-10-11/h1-2,4,6-7,9,11H,3,5,8,10H2,(H,19,20,22). The van der Waals surface area contributed by atoms with E-state index in [0.29, 0.717) is 29.8 Å². The van der Waals surface area contributed by atoms with Gasteiger partial charge in [0.05, 0.1) is 17.7 Å². The van der Waals surface area contributed by atoms with E-state index in [1.807, 2.05) is 4.57 Å². The van der Waals surface area contributed by atoms with Gasteiger partial charge >= 0.3 is 0 Å². The number of halogens is 1. The molecule has 24 heavy (non-hydrogen) atoms. The Balaban J connectivity index is 1.70. The van der Waals surface area contributed by atoms with Crippen molar-refractivity contribution in [3.8, 4) is 0 Å². The van der Waals surface area contributed by atoms with E-state index in [9.17, 15) is 9.18 Å². The van der Waals surface area contributed by atoms with Gasteiger partial charge < -0.3 is 9.30 Å². The number of hydrogen-bond donors (Lipinski definition) is 1. The molecule has 0 bridgehead atoms. The average Bonchev–Trinajstić information content (AvgIpc) is 3.30. The molecule has 0 saturated carbocycles. The molecule has 1 aliphatic rings. The summed E-state index contributed by atoms with van der Waals surface area (Å²) in [6, 6.07) is 4.51. The van der Waals surface area contributed by atoms with Crippen molar-refractivity contribution in [2.75, 3.05) is 18.5 Å². The second kappa shape index (κ2) is 6.33. The molecule has 0 spiro atoms. The van der Waals surface area contributed by atoms with Gasteiger partial charge in [0.2, 0.25) is 0 Å². The van der Waals surface area contributed by atoms with E-state index >= 15 is 0 Å². The highest BCUT2D eigenvalue weighted by atomic mass is 32.1. The molecule has 124 valence electrons. The topological polar surface area (TPSA) is 56.2 Å². The predicted molar refractivity (Wildman–Crippen MR) is 90.9 cm³/mol. The molecule has 0 radical (unpaired) electrons. The Kier molecular flexibility index (Phi) is 4.03. The highest BCUT2D eigenvalue weighted by molar-refractivity contribution is 7.13. The second-order valence-electron chi connectivity index (χ2n) is 5.88. The first kappa shape index (κ1) is 15.3. The summed E-state index contributed by atoms with van der Waals surface area (Å²) in [6.07, 6.45) is 4.42. The third kappa shape index (κ3) is 2.92. The van der Waals surface area contributed by atoms with E-state index in [0.717, 1.165) is 23.9 Å². The Bertz CT molecular complexity index is 869. The summed E-state index contributed by atoms with van der Waals surface area (Å²) in [5, 5.41) is 5.88. The van der Waals surface area contributed by atoms with Crippen LogP contribution in [0.4, 0.5) is 9.52 Å². The van der Waals surface area contributed by atoms with Crippen LogP contribution in [0.15, 0.2) is 36.0 Å². The van der Waals surface area contributed by atoms with Crippen molar-refractivity contribution >= 4 is 33.3 Å². The molecule has 3 heterocycles. The lowest BCUT2D eigenvalue weighted by atomic mass is 10.1. The molecule has 1 N–H and O–H groups in total. The number of aromatic nitrogens is 2. The number of thiazole rings is 1. The number of nitrogens with zero attached hydrogens (tertiary/aromatic N) is 2. The van der Waals surface area contributed by atoms with Gasteiger partial charge in [0.1, 0.15) is 5.82 Å². The van der Waals surface area contributed by atoms with Crippen LogP contribution in [0, 0.1) is 11.7 Å². The van der Waals surface area contributed by atoms with E-state index in [1.165, 1.54) is 23.5 Å². The van der Waals surface area contributed by atoms with Gasteiger partial charge in [-0.2, -0.15) is 0 Å². The van der Waals surface area contributed by atoms with Crippen LogP contribution in [0.1, 0.15) is 16.8 Å². The number of carbonyl (C=O) groups excluding carboxylic acids is 1. The van der Waals surface area contributed by atoms with Crippen LogP contribution >= 0.6 is 11.3 Å². The number of amides is 1. The fourth-order valence-electron chi connectivity index (χ4n) is 3.05. The van der Waals surface area contributed by atoms with Crippen LogP contribution in [-0.4, -0.2) is 28.7 Å². The number of carbonyl (C=O) groups is 1. The number of ether oxygens (including phenoxy) is 1. The normalized spacial score (nSPS) is 17.5. The fourth-order valence-corrected chi connectivity index (χ4v) is 3.58. The Labute approximate surface area is 142 Å². The monoisotopic (exact) mass is 345 g/mol. The molecule has 1 atom stereocenters. The van der Waals surface area contributed by atoms with Gasteiger partial charge in [-0.15, -0.1) is 11.3 Å². The van der Waals surface area contributed by atoms with E-state index < -0.39 is 0 Å². The van der Waals surface area contributed by atoms with E-state index in [2.05, 4.69) is 10.3 Å². The maximum Gasteiger partial charge on any atom is 0.259 e. The first-order valence-electron chi connectivity index (χ1n) is 7.77. The zero-order chi connectivity index (χ0) is 16.5. The molecule has 1 amide bonds. The number of fused-ring (bicyclic) bond motifs is 1. The largest absolute Gasteiger partial charge is 0.381 e. The molecular weight excluding hydrogens is 329 g/mol. The van der Waals surface area contributed by atoms with Crippen LogP contribution in [0.2, 0.25) is 0 Å². The molecule has 7 heteroatoms. The SMILES string of the molecule is O=C(Nc1nccs1)c1cn(CC2CCOC2)c2cc(F)ccc12. The smallest absolute Gasteiger partial charge is 0.259 e.